The van der Waals surface area contributed by atoms with Gasteiger partial charge in [-0.3, -0.25) is 9.59 Å². The van der Waals surface area contributed by atoms with Crippen molar-refractivity contribution in [3.05, 3.63) is 32.4 Å². The highest BCUT2D eigenvalue weighted by Gasteiger charge is 2.15. The van der Waals surface area contributed by atoms with Gasteiger partial charge < -0.3 is 5.73 Å². The maximum absolute atomic E-state index is 11.0. The minimum Gasteiger partial charge on any atom is -0.366 e. The van der Waals surface area contributed by atoms with Gasteiger partial charge in [0.05, 0.1) is 11.1 Å². The van der Waals surface area contributed by atoms with E-state index in [1.54, 1.807) is 6.07 Å². The van der Waals surface area contributed by atoms with Crippen LogP contribution in [0.1, 0.15) is 26.3 Å². The summed E-state index contributed by atoms with van der Waals surface area (Å²) in [6.07, 6.45) is 0.511. The second-order valence-corrected chi connectivity index (χ2v) is 3.64. The second-order valence-electron chi connectivity index (χ2n) is 2.48. The van der Waals surface area contributed by atoms with E-state index in [4.69, 9.17) is 11.0 Å². The second kappa shape index (κ2) is 4.19. The largest absolute Gasteiger partial charge is 0.366 e. The zero-order valence-electron chi connectivity index (χ0n) is 6.95. The predicted molar refractivity (Wildman–Crippen MR) is 57.8 cm³/mol. The molecule has 0 spiro atoms. The lowest BCUT2D eigenvalue weighted by atomic mass is 10.0. The molecule has 70 valence electrons. The summed E-state index contributed by atoms with van der Waals surface area (Å²) in [6.45, 7) is 0. The van der Waals surface area contributed by atoms with Crippen molar-refractivity contribution in [2.24, 2.45) is 5.73 Å². The van der Waals surface area contributed by atoms with Crippen molar-refractivity contribution in [3.63, 3.8) is 0 Å². The van der Waals surface area contributed by atoms with E-state index in [1.165, 1.54) is 6.07 Å². The minimum absolute atomic E-state index is 0.00519. The van der Waals surface area contributed by atoms with Crippen molar-refractivity contribution < 1.29 is 9.59 Å². The number of hydrogen-bond acceptors (Lipinski definition) is 3. The Morgan fingerprint density at radius 1 is 1.57 bits per heavy atom. The molecular formula is C9H5IN2O2. The summed E-state index contributed by atoms with van der Waals surface area (Å²) in [5.41, 5.74) is 5.38. The van der Waals surface area contributed by atoms with Crippen molar-refractivity contribution in [2.75, 3.05) is 0 Å². The molecule has 0 radical (unpaired) electrons. The lowest BCUT2D eigenvalue weighted by molar-refractivity contribution is 0.0992. The van der Waals surface area contributed by atoms with E-state index in [0.717, 1.165) is 0 Å². The van der Waals surface area contributed by atoms with Crippen LogP contribution in [-0.2, 0) is 0 Å². The fourth-order valence-corrected chi connectivity index (χ4v) is 1.64. The smallest absolute Gasteiger partial charge is 0.250 e. The maximum Gasteiger partial charge on any atom is 0.250 e. The average molecular weight is 300 g/mol. The summed E-state index contributed by atoms with van der Waals surface area (Å²) in [7, 11) is 0. The van der Waals surface area contributed by atoms with Crippen LogP contribution in [0, 0.1) is 14.9 Å². The average Bonchev–Trinajstić information content (AvgIpc) is 2.17. The Balaban J connectivity index is 3.62. The predicted octanol–water partition coefficient (Wildman–Crippen LogP) is 1.07. The lowest BCUT2D eigenvalue weighted by Gasteiger charge is -2.04. The third kappa shape index (κ3) is 1.75. The molecule has 1 amide bonds. The molecule has 0 saturated heterocycles. The fourth-order valence-electron chi connectivity index (χ4n) is 1.07. The van der Waals surface area contributed by atoms with Crippen LogP contribution in [0.15, 0.2) is 12.1 Å². The third-order valence-electron chi connectivity index (χ3n) is 1.67. The molecule has 1 aromatic carbocycles. The number of aldehydes is 1. The van der Waals surface area contributed by atoms with Crippen LogP contribution in [-0.4, -0.2) is 12.2 Å². The zero-order valence-corrected chi connectivity index (χ0v) is 9.11. The molecule has 0 unspecified atom stereocenters. The van der Waals surface area contributed by atoms with Crippen molar-refractivity contribution >= 4 is 34.8 Å². The molecule has 4 nitrogen and oxygen atoms in total. The molecule has 0 aliphatic rings. The van der Waals surface area contributed by atoms with Gasteiger partial charge in [0, 0.05) is 9.13 Å². The first kappa shape index (κ1) is 10.7. The Bertz CT molecular complexity index is 449. The van der Waals surface area contributed by atoms with Crippen molar-refractivity contribution in [2.45, 2.75) is 0 Å². The molecule has 1 rings (SSSR count). The first-order valence-electron chi connectivity index (χ1n) is 3.59. The number of rotatable bonds is 2. The van der Waals surface area contributed by atoms with Gasteiger partial charge in [-0.1, -0.05) is 0 Å². The molecule has 0 bridgehead atoms. The van der Waals surface area contributed by atoms with Gasteiger partial charge >= 0.3 is 0 Å². The summed E-state index contributed by atoms with van der Waals surface area (Å²) in [4.78, 5) is 21.6. The quantitative estimate of drug-likeness (QED) is 0.655. The van der Waals surface area contributed by atoms with E-state index in [9.17, 15) is 9.59 Å². The topological polar surface area (TPSA) is 83.9 Å². The summed E-state index contributed by atoms with van der Waals surface area (Å²) < 4.78 is 0.601. The summed E-state index contributed by atoms with van der Waals surface area (Å²) in [5.74, 6) is -0.762. The van der Waals surface area contributed by atoms with Gasteiger partial charge in [-0.05, 0) is 34.7 Å². The monoisotopic (exact) mass is 300 g/mol. The number of carbonyl (C=O) groups is 2. The first-order valence-corrected chi connectivity index (χ1v) is 4.67. The van der Waals surface area contributed by atoms with E-state index in [1.807, 2.05) is 28.7 Å². The summed E-state index contributed by atoms with van der Waals surface area (Å²) in [6, 6.07) is 4.91. The number of benzene rings is 1. The van der Waals surface area contributed by atoms with Crippen LogP contribution in [0.25, 0.3) is 0 Å². The molecule has 5 heteroatoms. The zero-order chi connectivity index (χ0) is 10.7. The molecule has 0 heterocycles. The van der Waals surface area contributed by atoms with Crippen molar-refractivity contribution in [1.29, 1.82) is 5.26 Å². The lowest BCUT2D eigenvalue weighted by Crippen LogP contribution is -2.16. The van der Waals surface area contributed by atoms with Crippen LogP contribution < -0.4 is 5.73 Å². The normalized spacial score (nSPS) is 9.14. The van der Waals surface area contributed by atoms with Gasteiger partial charge in [0.25, 0.3) is 5.91 Å². The summed E-state index contributed by atoms with van der Waals surface area (Å²) in [5, 5.41) is 8.79. The van der Waals surface area contributed by atoms with Crippen molar-refractivity contribution in [1.82, 2.24) is 0 Å². The van der Waals surface area contributed by atoms with Gasteiger partial charge in [-0.2, -0.15) is 5.26 Å². The highest BCUT2D eigenvalue weighted by molar-refractivity contribution is 14.1. The number of amides is 1. The number of carbonyl (C=O) groups excluding carboxylic acids is 2. The van der Waals surface area contributed by atoms with E-state index in [-0.39, 0.29) is 16.7 Å². The van der Waals surface area contributed by atoms with Crippen LogP contribution >= 0.6 is 22.6 Å². The Kier molecular flexibility index (Phi) is 3.19. The number of primary amides is 1. The Hall–Kier alpha value is -1.42. The van der Waals surface area contributed by atoms with Gasteiger partial charge in [0.15, 0.2) is 6.29 Å². The van der Waals surface area contributed by atoms with Crippen LogP contribution in [0.3, 0.4) is 0 Å². The fraction of sp³-hybridized carbons (Fsp3) is 0. The molecule has 1 aromatic rings. The Labute approximate surface area is 93.8 Å². The van der Waals surface area contributed by atoms with E-state index in [2.05, 4.69) is 0 Å². The molecule has 0 aliphatic heterocycles. The van der Waals surface area contributed by atoms with Gasteiger partial charge in [-0.25, -0.2) is 0 Å². The molecule has 14 heavy (non-hydrogen) atoms. The highest BCUT2D eigenvalue weighted by atomic mass is 127. The van der Waals surface area contributed by atoms with Crippen LogP contribution in [0.4, 0.5) is 0 Å². The first-order chi connectivity index (χ1) is 6.61. The number of nitrogens with two attached hydrogens (primary N) is 1. The molecule has 0 aliphatic carbocycles. The van der Waals surface area contributed by atoms with Gasteiger partial charge in [0.1, 0.15) is 6.07 Å². The molecule has 0 aromatic heterocycles. The Morgan fingerprint density at radius 3 is 2.64 bits per heavy atom. The van der Waals surface area contributed by atoms with E-state index < -0.39 is 5.91 Å². The SMILES string of the molecule is N#Cc1c(I)ccc(C=O)c1C(N)=O. The Morgan fingerprint density at radius 2 is 2.21 bits per heavy atom. The van der Waals surface area contributed by atoms with E-state index in [0.29, 0.717) is 9.86 Å². The summed E-state index contributed by atoms with van der Waals surface area (Å²) >= 11 is 1.91. The number of halogens is 1. The van der Waals surface area contributed by atoms with Gasteiger partial charge in [0.2, 0.25) is 0 Å². The molecule has 2 N–H and O–H groups in total. The highest BCUT2D eigenvalue weighted by Crippen LogP contribution is 2.18. The molecule has 0 fully saturated rings. The van der Waals surface area contributed by atoms with Gasteiger partial charge in [-0.15, -0.1) is 0 Å². The van der Waals surface area contributed by atoms with E-state index >= 15 is 0 Å². The van der Waals surface area contributed by atoms with Crippen molar-refractivity contribution in [3.8, 4) is 6.07 Å². The molecule has 0 saturated carbocycles. The van der Waals surface area contributed by atoms with Crippen LogP contribution in [0.5, 0.6) is 0 Å². The minimum atomic E-state index is -0.762. The number of hydrogen-bond donors (Lipinski definition) is 1. The molecular weight excluding hydrogens is 295 g/mol. The third-order valence-corrected chi connectivity index (χ3v) is 2.57. The maximum atomic E-state index is 11.0. The van der Waals surface area contributed by atoms with Crippen LogP contribution in [0.2, 0.25) is 0 Å². The number of nitrogens with zero attached hydrogens (tertiary/aromatic N) is 1. The molecule has 0 atom stereocenters. The standard InChI is InChI=1S/C9H5IN2O2/c10-7-2-1-5(4-13)8(9(12)14)6(7)3-11/h1-2,4H,(H2,12,14). The number of nitriles is 1.